The number of hydrogen-bond donors (Lipinski definition) is 1. The molecule has 0 radical (unpaired) electrons. The minimum absolute atomic E-state index is 0.0197. The monoisotopic (exact) mass is 423 g/mol. The Morgan fingerprint density at radius 2 is 1.87 bits per heavy atom. The molecule has 0 unspecified atom stereocenters. The first kappa shape index (κ1) is 20.3. The van der Waals surface area contributed by atoms with Crippen LogP contribution in [0.15, 0.2) is 40.8 Å². The summed E-state index contributed by atoms with van der Waals surface area (Å²) in [4.78, 5) is 12.5. The van der Waals surface area contributed by atoms with Gasteiger partial charge in [0.25, 0.3) is 10.7 Å². The van der Waals surface area contributed by atoms with Gasteiger partial charge in [0.1, 0.15) is 12.3 Å². The van der Waals surface area contributed by atoms with Crippen molar-refractivity contribution in [3.63, 3.8) is 0 Å². The molecule has 3 aromatic rings. The van der Waals surface area contributed by atoms with E-state index in [0.29, 0.717) is 5.89 Å². The molecule has 0 aliphatic heterocycles. The summed E-state index contributed by atoms with van der Waals surface area (Å²) in [5, 5.41) is 7.17. The molecule has 1 aromatic heterocycles. The average molecular weight is 424 g/mol. The highest BCUT2D eigenvalue weighted by atomic mass is 32.1. The van der Waals surface area contributed by atoms with Crippen LogP contribution < -0.4 is 10.1 Å². The zero-order chi connectivity index (χ0) is 21.1. The summed E-state index contributed by atoms with van der Waals surface area (Å²) in [6.07, 6.45) is 4.71. The number of nitrogens with one attached hydrogen (secondary N) is 1. The van der Waals surface area contributed by atoms with Crippen LogP contribution >= 0.6 is 12.2 Å². The number of fused-ring (bicyclic) bond motifs is 1. The standard InChI is InChI=1S/C23H25N3O3S/c1-15-9-16(2)11-19(10-15)24-21(27)13-26-23(30)29-22(25-26)14-28-20-8-7-17-5-3-4-6-18(17)12-20/h7-12H,3-6,13-14H2,1-2H3,(H,24,27). The lowest BCUT2D eigenvalue weighted by Gasteiger charge is -2.16. The second-order valence-electron chi connectivity index (χ2n) is 7.77. The van der Waals surface area contributed by atoms with E-state index in [9.17, 15) is 4.79 Å². The number of rotatable bonds is 6. The fourth-order valence-electron chi connectivity index (χ4n) is 3.84. The van der Waals surface area contributed by atoms with Crippen LogP contribution in [0.2, 0.25) is 0 Å². The molecule has 7 heteroatoms. The molecule has 1 heterocycles. The van der Waals surface area contributed by atoms with Crippen LogP contribution in [0.3, 0.4) is 0 Å². The van der Waals surface area contributed by atoms with Gasteiger partial charge in [-0.25, -0.2) is 4.68 Å². The lowest BCUT2D eigenvalue weighted by molar-refractivity contribution is -0.117. The lowest BCUT2D eigenvalue weighted by Crippen LogP contribution is -2.20. The smallest absolute Gasteiger partial charge is 0.287 e. The summed E-state index contributed by atoms with van der Waals surface area (Å²) in [6.45, 7) is 4.12. The van der Waals surface area contributed by atoms with Crippen molar-refractivity contribution >= 4 is 23.8 Å². The number of aromatic nitrogens is 2. The zero-order valence-corrected chi connectivity index (χ0v) is 18.1. The van der Waals surface area contributed by atoms with E-state index in [0.717, 1.165) is 35.4 Å². The first-order valence-corrected chi connectivity index (χ1v) is 10.6. The Bertz CT molecular complexity index is 1110. The Hall–Kier alpha value is -2.93. The highest BCUT2D eigenvalue weighted by Crippen LogP contribution is 2.25. The summed E-state index contributed by atoms with van der Waals surface area (Å²) in [6, 6.07) is 12.1. The third-order valence-electron chi connectivity index (χ3n) is 5.13. The van der Waals surface area contributed by atoms with E-state index in [1.54, 1.807) is 0 Å². The fraction of sp³-hybridized carbons (Fsp3) is 0.348. The normalized spacial score (nSPS) is 13.0. The van der Waals surface area contributed by atoms with E-state index in [2.05, 4.69) is 28.6 Å². The number of amides is 1. The van der Waals surface area contributed by atoms with E-state index in [1.165, 1.54) is 28.7 Å². The van der Waals surface area contributed by atoms with Crippen LogP contribution in [0.25, 0.3) is 0 Å². The molecule has 4 rings (SSSR count). The molecule has 0 bridgehead atoms. The Labute approximate surface area is 180 Å². The molecule has 6 nitrogen and oxygen atoms in total. The zero-order valence-electron chi connectivity index (χ0n) is 17.2. The fourth-order valence-corrected chi connectivity index (χ4v) is 4.04. The van der Waals surface area contributed by atoms with Crippen molar-refractivity contribution in [1.82, 2.24) is 9.78 Å². The maximum atomic E-state index is 12.4. The van der Waals surface area contributed by atoms with E-state index >= 15 is 0 Å². The molecule has 0 fully saturated rings. The van der Waals surface area contributed by atoms with Crippen molar-refractivity contribution in [2.24, 2.45) is 0 Å². The number of ether oxygens (including phenoxy) is 1. The number of aryl methyl sites for hydroxylation is 4. The van der Waals surface area contributed by atoms with Gasteiger partial charge in [-0.3, -0.25) is 4.79 Å². The first-order chi connectivity index (χ1) is 14.5. The largest absolute Gasteiger partial charge is 0.484 e. The predicted molar refractivity (Wildman–Crippen MR) is 117 cm³/mol. The average Bonchev–Trinajstić information content (AvgIpc) is 3.04. The molecule has 0 spiro atoms. The van der Waals surface area contributed by atoms with Crippen LogP contribution in [0.1, 0.15) is 41.0 Å². The van der Waals surface area contributed by atoms with Gasteiger partial charge in [-0.05, 0) is 98.3 Å². The Morgan fingerprint density at radius 1 is 1.13 bits per heavy atom. The maximum Gasteiger partial charge on any atom is 0.287 e. The molecule has 1 aliphatic carbocycles. The third kappa shape index (κ3) is 4.97. The summed E-state index contributed by atoms with van der Waals surface area (Å²) < 4.78 is 12.7. The molecule has 0 saturated carbocycles. The van der Waals surface area contributed by atoms with Crippen LogP contribution in [-0.2, 0) is 30.8 Å². The van der Waals surface area contributed by atoms with Gasteiger partial charge in [-0.2, -0.15) is 0 Å². The Kier molecular flexibility index (Phi) is 5.99. The van der Waals surface area contributed by atoms with Gasteiger partial charge in [0.05, 0.1) is 0 Å². The highest BCUT2D eigenvalue weighted by Gasteiger charge is 2.13. The van der Waals surface area contributed by atoms with Crippen molar-refractivity contribution in [2.75, 3.05) is 5.32 Å². The molecule has 2 aromatic carbocycles. The van der Waals surface area contributed by atoms with Gasteiger partial charge in [-0.15, -0.1) is 5.10 Å². The van der Waals surface area contributed by atoms with Gasteiger partial charge in [0.2, 0.25) is 5.91 Å². The molecule has 0 saturated heterocycles. The molecule has 0 atom stereocenters. The first-order valence-electron chi connectivity index (χ1n) is 10.2. The van der Waals surface area contributed by atoms with Gasteiger partial charge >= 0.3 is 0 Å². The summed E-state index contributed by atoms with van der Waals surface area (Å²) in [7, 11) is 0. The number of benzene rings is 2. The quantitative estimate of drug-likeness (QED) is 0.570. The van der Waals surface area contributed by atoms with Crippen molar-refractivity contribution in [2.45, 2.75) is 52.7 Å². The maximum absolute atomic E-state index is 12.4. The van der Waals surface area contributed by atoms with Crippen LogP contribution in [0, 0.1) is 18.7 Å². The number of anilines is 1. The molecule has 30 heavy (non-hydrogen) atoms. The molecule has 1 N–H and O–H groups in total. The van der Waals surface area contributed by atoms with Gasteiger partial charge in [-0.1, -0.05) is 12.1 Å². The molecular formula is C23H25N3O3S. The highest BCUT2D eigenvalue weighted by molar-refractivity contribution is 7.71. The second-order valence-corrected chi connectivity index (χ2v) is 8.12. The molecule has 156 valence electrons. The van der Waals surface area contributed by atoms with Crippen molar-refractivity contribution < 1.29 is 13.9 Å². The van der Waals surface area contributed by atoms with E-state index in [4.69, 9.17) is 21.4 Å². The summed E-state index contributed by atoms with van der Waals surface area (Å²) >= 11 is 5.21. The topological polar surface area (TPSA) is 69.3 Å². The van der Waals surface area contributed by atoms with E-state index < -0.39 is 0 Å². The SMILES string of the molecule is Cc1cc(C)cc(NC(=O)Cn2nc(COc3ccc4c(c3)CCCC4)oc2=S)c1. The summed E-state index contributed by atoms with van der Waals surface area (Å²) in [5.74, 6) is 0.919. The molecule has 1 aliphatic rings. The van der Waals surface area contributed by atoms with Crippen LogP contribution in [0.5, 0.6) is 5.75 Å². The number of carbonyl (C=O) groups is 1. The predicted octanol–water partition coefficient (Wildman–Crippen LogP) is 4.92. The van der Waals surface area contributed by atoms with E-state index in [1.807, 2.05) is 32.0 Å². The van der Waals surface area contributed by atoms with Crippen LogP contribution in [0.4, 0.5) is 5.69 Å². The minimum Gasteiger partial charge on any atom is -0.484 e. The Balaban J connectivity index is 1.37. The second kappa shape index (κ2) is 8.83. The molecular weight excluding hydrogens is 398 g/mol. The van der Waals surface area contributed by atoms with Crippen molar-refractivity contribution in [1.29, 1.82) is 0 Å². The number of nitrogens with zero attached hydrogens (tertiary/aromatic N) is 2. The summed E-state index contributed by atoms with van der Waals surface area (Å²) in [5.41, 5.74) is 5.69. The van der Waals surface area contributed by atoms with Gasteiger partial charge in [0, 0.05) is 5.69 Å². The van der Waals surface area contributed by atoms with Gasteiger partial charge in [0.15, 0.2) is 6.61 Å². The van der Waals surface area contributed by atoms with E-state index in [-0.39, 0.29) is 23.9 Å². The third-order valence-corrected chi connectivity index (χ3v) is 5.42. The molecule has 1 amide bonds. The Morgan fingerprint density at radius 3 is 2.63 bits per heavy atom. The number of hydrogen-bond acceptors (Lipinski definition) is 5. The van der Waals surface area contributed by atoms with Crippen molar-refractivity contribution in [3.05, 3.63) is 69.4 Å². The van der Waals surface area contributed by atoms with Crippen molar-refractivity contribution in [3.8, 4) is 5.75 Å². The van der Waals surface area contributed by atoms with Crippen LogP contribution in [-0.4, -0.2) is 15.7 Å². The van der Waals surface area contributed by atoms with Gasteiger partial charge < -0.3 is 14.5 Å². The lowest BCUT2D eigenvalue weighted by atomic mass is 9.92. The number of carbonyl (C=O) groups excluding carboxylic acids is 1. The minimum atomic E-state index is -0.216.